The van der Waals surface area contributed by atoms with Crippen molar-refractivity contribution in [2.24, 2.45) is 5.92 Å². The molecule has 0 N–H and O–H groups in total. The second-order valence-corrected chi connectivity index (χ2v) is 11.3. The minimum absolute atomic E-state index is 0.134. The molecule has 1 fully saturated rings. The molecule has 0 unspecified atom stereocenters. The SMILES string of the molecule is CC(C)C[C@H]1COc2cc(Br)ccc2S(=O)(=O)N1Cc1cn(CCC2OCCCO2)nn1. The fourth-order valence-corrected chi connectivity index (χ4v) is 6.01. The lowest BCUT2D eigenvalue weighted by Gasteiger charge is -2.28. The van der Waals surface area contributed by atoms with Crippen molar-refractivity contribution in [3.63, 3.8) is 0 Å². The molecule has 11 heteroatoms. The van der Waals surface area contributed by atoms with Crippen molar-refractivity contribution in [3.8, 4) is 5.75 Å². The lowest BCUT2D eigenvalue weighted by atomic mass is 10.0. The van der Waals surface area contributed by atoms with Gasteiger partial charge in [-0.1, -0.05) is 35.0 Å². The maximum Gasteiger partial charge on any atom is 0.247 e. The molecule has 0 amide bonds. The van der Waals surface area contributed by atoms with E-state index in [4.69, 9.17) is 14.2 Å². The summed E-state index contributed by atoms with van der Waals surface area (Å²) in [7, 11) is -3.78. The zero-order valence-corrected chi connectivity index (χ0v) is 20.7. The van der Waals surface area contributed by atoms with E-state index in [0.29, 0.717) is 50.0 Å². The molecule has 1 atom stereocenters. The standard InChI is InChI=1S/C21H29BrN4O5S/c1-15(2)10-18-14-31-19-11-16(22)4-5-20(19)32(27,28)26(18)13-17-12-25(24-23-17)7-6-21-29-8-3-9-30-21/h4-5,11-12,15,18,21H,3,6-10,13-14H2,1-2H3/t18-/m0/s1. The first-order chi connectivity index (χ1) is 15.3. The van der Waals surface area contributed by atoms with Crippen LogP contribution in [0.15, 0.2) is 33.8 Å². The van der Waals surface area contributed by atoms with Crippen LogP contribution >= 0.6 is 15.9 Å². The number of halogens is 1. The van der Waals surface area contributed by atoms with Crippen LogP contribution in [-0.2, 0) is 32.6 Å². The number of fused-ring (bicyclic) bond motifs is 1. The highest BCUT2D eigenvalue weighted by Crippen LogP contribution is 2.35. The average Bonchev–Trinajstić information content (AvgIpc) is 3.18. The molecule has 2 aliphatic heterocycles. The monoisotopic (exact) mass is 528 g/mol. The van der Waals surface area contributed by atoms with Crippen LogP contribution in [0, 0.1) is 5.92 Å². The predicted molar refractivity (Wildman–Crippen MR) is 121 cm³/mol. The van der Waals surface area contributed by atoms with E-state index in [1.807, 2.05) is 0 Å². The van der Waals surface area contributed by atoms with Crippen LogP contribution in [0.5, 0.6) is 5.75 Å². The van der Waals surface area contributed by atoms with Crippen LogP contribution in [0.2, 0.25) is 0 Å². The smallest absolute Gasteiger partial charge is 0.247 e. The molecule has 0 radical (unpaired) electrons. The Morgan fingerprint density at radius 2 is 2.03 bits per heavy atom. The van der Waals surface area contributed by atoms with Crippen LogP contribution in [0.25, 0.3) is 0 Å². The van der Waals surface area contributed by atoms with E-state index >= 15 is 0 Å². The molecule has 2 aromatic rings. The quantitative estimate of drug-likeness (QED) is 0.544. The molecule has 32 heavy (non-hydrogen) atoms. The van der Waals surface area contributed by atoms with E-state index in [1.54, 1.807) is 29.1 Å². The van der Waals surface area contributed by atoms with Gasteiger partial charge >= 0.3 is 0 Å². The summed E-state index contributed by atoms with van der Waals surface area (Å²) in [6, 6.07) is 4.70. The maximum atomic E-state index is 13.6. The van der Waals surface area contributed by atoms with Gasteiger partial charge in [-0.15, -0.1) is 5.10 Å². The molecule has 1 aromatic heterocycles. The van der Waals surface area contributed by atoms with Crippen molar-refractivity contribution in [1.82, 2.24) is 19.3 Å². The molecule has 2 aliphatic rings. The number of sulfonamides is 1. The van der Waals surface area contributed by atoms with E-state index in [-0.39, 0.29) is 30.4 Å². The number of hydrogen-bond donors (Lipinski definition) is 0. The molecule has 176 valence electrons. The number of nitrogens with zero attached hydrogens (tertiary/aromatic N) is 4. The third-order valence-electron chi connectivity index (χ3n) is 5.47. The number of hydrogen-bond acceptors (Lipinski definition) is 7. The average molecular weight is 529 g/mol. The summed E-state index contributed by atoms with van der Waals surface area (Å²) in [6.45, 7) is 6.56. The molecule has 1 aromatic carbocycles. The Morgan fingerprint density at radius 3 is 2.78 bits per heavy atom. The fraction of sp³-hybridized carbons (Fsp3) is 0.619. The van der Waals surface area contributed by atoms with Gasteiger partial charge in [-0.3, -0.25) is 4.68 Å². The Bertz CT molecular complexity index is 1020. The van der Waals surface area contributed by atoms with Crippen molar-refractivity contribution in [1.29, 1.82) is 0 Å². The van der Waals surface area contributed by atoms with Crippen LogP contribution in [0.4, 0.5) is 0 Å². The predicted octanol–water partition coefficient (Wildman–Crippen LogP) is 3.19. The topological polar surface area (TPSA) is 95.8 Å². The third kappa shape index (κ3) is 5.51. The second-order valence-electron chi connectivity index (χ2n) is 8.52. The number of aryl methyl sites for hydroxylation is 1. The molecule has 0 aliphatic carbocycles. The third-order valence-corrected chi connectivity index (χ3v) is 7.90. The van der Waals surface area contributed by atoms with E-state index in [1.165, 1.54) is 4.31 Å². The number of benzene rings is 1. The fourth-order valence-electron chi connectivity index (χ4n) is 3.96. The first-order valence-corrected chi connectivity index (χ1v) is 13.1. The van der Waals surface area contributed by atoms with Gasteiger partial charge in [0.25, 0.3) is 0 Å². The van der Waals surface area contributed by atoms with Gasteiger partial charge in [0.1, 0.15) is 17.3 Å². The van der Waals surface area contributed by atoms with E-state index < -0.39 is 10.0 Å². The molecule has 0 spiro atoms. The molecule has 0 bridgehead atoms. The van der Waals surface area contributed by atoms with Crippen LogP contribution < -0.4 is 4.74 Å². The van der Waals surface area contributed by atoms with Crippen molar-refractivity contribution in [2.45, 2.75) is 63.4 Å². The van der Waals surface area contributed by atoms with Crippen molar-refractivity contribution >= 4 is 26.0 Å². The first kappa shape index (κ1) is 23.6. The Morgan fingerprint density at radius 1 is 1.25 bits per heavy atom. The highest BCUT2D eigenvalue weighted by atomic mass is 79.9. The summed E-state index contributed by atoms with van der Waals surface area (Å²) in [5.41, 5.74) is 0.591. The van der Waals surface area contributed by atoms with Crippen molar-refractivity contribution < 1.29 is 22.6 Å². The molecule has 0 saturated carbocycles. The van der Waals surface area contributed by atoms with Gasteiger partial charge < -0.3 is 14.2 Å². The van der Waals surface area contributed by atoms with Crippen molar-refractivity contribution in [2.75, 3.05) is 19.8 Å². The zero-order chi connectivity index (χ0) is 22.7. The van der Waals surface area contributed by atoms with E-state index in [9.17, 15) is 8.42 Å². The normalized spacial score (nSPS) is 21.8. The molecule has 9 nitrogen and oxygen atoms in total. The number of aromatic nitrogens is 3. The Kier molecular flexibility index (Phi) is 7.51. The Hall–Kier alpha value is -1.53. The molecule has 1 saturated heterocycles. The summed E-state index contributed by atoms with van der Waals surface area (Å²) in [6.07, 6.45) is 3.82. The lowest BCUT2D eigenvalue weighted by molar-refractivity contribution is -0.182. The summed E-state index contributed by atoms with van der Waals surface area (Å²) < 4.78 is 48.3. The van der Waals surface area contributed by atoms with Gasteiger partial charge in [-0.25, -0.2) is 8.42 Å². The zero-order valence-electron chi connectivity index (χ0n) is 18.3. The van der Waals surface area contributed by atoms with Gasteiger partial charge in [0.05, 0.1) is 31.5 Å². The van der Waals surface area contributed by atoms with Crippen LogP contribution in [0.1, 0.15) is 38.8 Å². The van der Waals surface area contributed by atoms with E-state index in [2.05, 4.69) is 40.1 Å². The Labute approximate surface area is 197 Å². The maximum absolute atomic E-state index is 13.6. The number of ether oxygens (including phenoxy) is 3. The number of rotatable bonds is 7. The minimum Gasteiger partial charge on any atom is -0.490 e. The van der Waals surface area contributed by atoms with Gasteiger partial charge in [0.15, 0.2) is 6.29 Å². The lowest BCUT2D eigenvalue weighted by Crippen LogP contribution is -2.42. The van der Waals surface area contributed by atoms with E-state index in [0.717, 1.165) is 10.9 Å². The highest BCUT2D eigenvalue weighted by Gasteiger charge is 2.38. The first-order valence-electron chi connectivity index (χ1n) is 10.9. The highest BCUT2D eigenvalue weighted by molar-refractivity contribution is 9.10. The molecular formula is C21H29BrN4O5S. The molecule has 3 heterocycles. The summed E-state index contributed by atoms with van der Waals surface area (Å²) >= 11 is 3.40. The summed E-state index contributed by atoms with van der Waals surface area (Å²) in [5, 5.41) is 8.41. The van der Waals surface area contributed by atoms with Crippen LogP contribution in [0.3, 0.4) is 0 Å². The van der Waals surface area contributed by atoms with Crippen LogP contribution in [-0.4, -0.2) is 59.9 Å². The summed E-state index contributed by atoms with van der Waals surface area (Å²) in [4.78, 5) is 0.172. The molecular weight excluding hydrogens is 500 g/mol. The van der Waals surface area contributed by atoms with Gasteiger partial charge in [0.2, 0.25) is 10.0 Å². The minimum atomic E-state index is -3.78. The van der Waals surface area contributed by atoms with Gasteiger partial charge in [0, 0.05) is 23.6 Å². The summed E-state index contributed by atoms with van der Waals surface area (Å²) in [5.74, 6) is 0.673. The Balaban J connectivity index is 1.53. The largest absolute Gasteiger partial charge is 0.490 e. The second kappa shape index (κ2) is 10.2. The molecule has 4 rings (SSSR count). The van der Waals surface area contributed by atoms with Gasteiger partial charge in [-0.05, 0) is 37.0 Å². The van der Waals surface area contributed by atoms with Crippen molar-refractivity contribution in [3.05, 3.63) is 34.6 Å². The van der Waals surface area contributed by atoms with Gasteiger partial charge in [-0.2, -0.15) is 4.31 Å².